The summed E-state index contributed by atoms with van der Waals surface area (Å²) in [6.45, 7) is 2.39. The zero-order valence-electron chi connectivity index (χ0n) is 14.7. The molecule has 6 heteroatoms. The number of fused-ring (bicyclic) bond motifs is 1. The van der Waals surface area contributed by atoms with Gasteiger partial charge in [-0.05, 0) is 36.6 Å². The Kier molecular flexibility index (Phi) is 4.97. The monoisotopic (exact) mass is 395 g/mol. The van der Waals surface area contributed by atoms with Crippen LogP contribution in [0.15, 0.2) is 66.0 Å². The zero-order valence-corrected chi connectivity index (χ0v) is 16.3. The lowest BCUT2D eigenvalue weighted by atomic mass is 10.1. The van der Waals surface area contributed by atoms with E-state index < -0.39 is 6.04 Å². The summed E-state index contributed by atoms with van der Waals surface area (Å²) < 4.78 is 1.78. The molecule has 0 aliphatic heterocycles. The molecule has 0 saturated heterocycles. The number of carbonyl (C=O) groups excluding carboxylic acids is 1. The van der Waals surface area contributed by atoms with Crippen LogP contribution in [0.2, 0.25) is 5.02 Å². The molecular weight excluding hydrogens is 378 g/mol. The van der Waals surface area contributed by atoms with Gasteiger partial charge in [-0.15, -0.1) is 11.3 Å². The minimum absolute atomic E-state index is 0.0673. The molecule has 0 radical (unpaired) electrons. The number of benzene rings is 2. The van der Waals surface area contributed by atoms with E-state index in [0.717, 1.165) is 27.0 Å². The number of nitrogens with one attached hydrogen (secondary N) is 1. The van der Waals surface area contributed by atoms with Gasteiger partial charge in [0.25, 0.3) is 0 Å². The predicted octanol–water partition coefficient (Wildman–Crippen LogP) is 5.30. The smallest absolute Gasteiger partial charge is 0.244 e. The molecule has 1 unspecified atom stereocenters. The molecule has 1 amide bonds. The number of thiophene rings is 1. The van der Waals surface area contributed by atoms with Crippen molar-refractivity contribution in [1.29, 1.82) is 0 Å². The van der Waals surface area contributed by atoms with Crippen molar-refractivity contribution in [1.82, 2.24) is 15.1 Å². The van der Waals surface area contributed by atoms with Gasteiger partial charge in [0.1, 0.15) is 11.7 Å². The number of carbonyl (C=O) groups is 1. The molecule has 0 spiro atoms. The lowest BCUT2D eigenvalue weighted by Gasteiger charge is -2.13. The van der Waals surface area contributed by atoms with E-state index in [4.69, 9.17) is 16.7 Å². The van der Waals surface area contributed by atoms with E-state index in [-0.39, 0.29) is 5.91 Å². The van der Waals surface area contributed by atoms with Gasteiger partial charge in [-0.2, -0.15) is 5.10 Å². The van der Waals surface area contributed by atoms with E-state index in [1.807, 2.05) is 73.0 Å². The normalized spacial score (nSPS) is 12.2. The Morgan fingerprint density at radius 1 is 1.19 bits per heavy atom. The molecule has 1 atom stereocenters. The quantitative estimate of drug-likeness (QED) is 0.498. The van der Waals surface area contributed by atoms with E-state index in [1.165, 1.54) is 0 Å². The first kappa shape index (κ1) is 17.8. The van der Waals surface area contributed by atoms with Crippen LogP contribution < -0.4 is 5.32 Å². The van der Waals surface area contributed by atoms with Crippen LogP contribution in [0.4, 0.5) is 0 Å². The summed E-state index contributed by atoms with van der Waals surface area (Å²) in [5.41, 5.74) is 2.71. The van der Waals surface area contributed by atoms with Crippen molar-refractivity contribution in [3.63, 3.8) is 0 Å². The summed E-state index contributed by atoms with van der Waals surface area (Å²) in [5, 5.41) is 11.3. The van der Waals surface area contributed by atoms with Gasteiger partial charge >= 0.3 is 0 Å². The predicted molar refractivity (Wildman–Crippen MR) is 111 cm³/mol. The third-order valence-corrected chi connectivity index (χ3v) is 5.59. The van der Waals surface area contributed by atoms with Crippen molar-refractivity contribution in [2.75, 3.05) is 0 Å². The molecule has 0 aliphatic rings. The van der Waals surface area contributed by atoms with Gasteiger partial charge in [0.05, 0.1) is 12.1 Å². The molecule has 2 aromatic carbocycles. The molecule has 27 heavy (non-hydrogen) atoms. The van der Waals surface area contributed by atoms with E-state index in [2.05, 4.69) is 5.32 Å². The lowest BCUT2D eigenvalue weighted by molar-refractivity contribution is -0.124. The minimum Gasteiger partial charge on any atom is -0.349 e. The molecule has 4 aromatic rings. The van der Waals surface area contributed by atoms with Crippen molar-refractivity contribution in [2.45, 2.75) is 19.5 Å². The molecule has 4 rings (SSSR count). The van der Waals surface area contributed by atoms with Crippen LogP contribution in [0, 0.1) is 0 Å². The summed E-state index contributed by atoms with van der Waals surface area (Å²) in [7, 11) is 0. The van der Waals surface area contributed by atoms with Gasteiger partial charge in [0.15, 0.2) is 0 Å². The Balaban J connectivity index is 1.69. The standard InChI is InChI=1S/C21H18ClN3OS/c1-14(21(26)23-13-17-8-5-11-27-17)25-19-10-9-16(22)12-18(19)20(24-25)15-6-3-2-4-7-15/h2-12,14H,13H2,1H3,(H,23,26). The highest BCUT2D eigenvalue weighted by atomic mass is 35.5. The van der Waals surface area contributed by atoms with Crippen molar-refractivity contribution in [3.05, 3.63) is 75.9 Å². The van der Waals surface area contributed by atoms with E-state index in [0.29, 0.717) is 11.6 Å². The molecule has 136 valence electrons. The van der Waals surface area contributed by atoms with Crippen molar-refractivity contribution in [2.24, 2.45) is 0 Å². The second-order valence-corrected chi connectivity index (χ2v) is 7.76. The highest BCUT2D eigenvalue weighted by Crippen LogP contribution is 2.31. The SMILES string of the molecule is CC(C(=O)NCc1cccs1)n1nc(-c2ccccc2)c2cc(Cl)ccc21. The maximum Gasteiger partial charge on any atom is 0.244 e. The summed E-state index contributed by atoms with van der Waals surface area (Å²) >= 11 is 7.85. The first-order valence-electron chi connectivity index (χ1n) is 8.67. The third-order valence-electron chi connectivity index (χ3n) is 4.48. The Morgan fingerprint density at radius 2 is 2.00 bits per heavy atom. The van der Waals surface area contributed by atoms with Crippen LogP contribution in [0.5, 0.6) is 0 Å². The summed E-state index contributed by atoms with van der Waals surface area (Å²) in [4.78, 5) is 13.8. The number of rotatable bonds is 5. The number of hydrogen-bond acceptors (Lipinski definition) is 3. The Bertz CT molecular complexity index is 1070. The maximum absolute atomic E-state index is 12.7. The first-order valence-corrected chi connectivity index (χ1v) is 9.92. The highest BCUT2D eigenvalue weighted by molar-refractivity contribution is 7.09. The van der Waals surface area contributed by atoms with Crippen LogP contribution in [0.3, 0.4) is 0 Å². The first-order chi connectivity index (χ1) is 13.1. The Hall–Kier alpha value is -2.63. The fourth-order valence-electron chi connectivity index (χ4n) is 3.06. The molecule has 0 aliphatic carbocycles. The fraction of sp³-hybridized carbons (Fsp3) is 0.143. The second kappa shape index (κ2) is 7.55. The van der Waals surface area contributed by atoms with Gasteiger partial charge in [-0.25, -0.2) is 0 Å². The number of halogens is 1. The molecule has 4 nitrogen and oxygen atoms in total. The largest absolute Gasteiger partial charge is 0.349 e. The van der Waals surface area contributed by atoms with Crippen molar-refractivity contribution < 1.29 is 4.79 Å². The van der Waals surface area contributed by atoms with Gasteiger partial charge < -0.3 is 5.32 Å². The average Bonchev–Trinajstić information content (AvgIpc) is 3.33. The van der Waals surface area contributed by atoms with Crippen molar-refractivity contribution in [3.8, 4) is 11.3 Å². The Morgan fingerprint density at radius 3 is 2.74 bits per heavy atom. The molecule has 1 N–H and O–H groups in total. The number of nitrogens with zero attached hydrogens (tertiary/aromatic N) is 2. The lowest BCUT2D eigenvalue weighted by Crippen LogP contribution is -2.30. The fourth-order valence-corrected chi connectivity index (χ4v) is 3.88. The number of amides is 1. The third kappa shape index (κ3) is 3.61. The second-order valence-electron chi connectivity index (χ2n) is 6.29. The molecule has 0 fully saturated rings. The van der Waals surface area contributed by atoms with Gasteiger partial charge in [0.2, 0.25) is 5.91 Å². The zero-order chi connectivity index (χ0) is 18.8. The molecule has 2 aromatic heterocycles. The number of hydrogen-bond donors (Lipinski definition) is 1. The van der Waals surface area contributed by atoms with Crippen LogP contribution in [-0.2, 0) is 11.3 Å². The topological polar surface area (TPSA) is 46.9 Å². The molecule has 0 saturated carbocycles. The van der Waals surface area contributed by atoms with Crippen LogP contribution in [0.1, 0.15) is 17.8 Å². The van der Waals surface area contributed by atoms with Gasteiger partial charge in [-0.3, -0.25) is 9.48 Å². The maximum atomic E-state index is 12.7. The van der Waals surface area contributed by atoms with Crippen molar-refractivity contribution >= 4 is 39.7 Å². The Labute approximate surface area is 166 Å². The van der Waals surface area contributed by atoms with Crippen LogP contribution >= 0.6 is 22.9 Å². The van der Waals surface area contributed by atoms with Crippen LogP contribution in [0.25, 0.3) is 22.2 Å². The van der Waals surface area contributed by atoms with Gasteiger partial charge in [-0.1, -0.05) is 48.0 Å². The molecule has 0 bridgehead atoms. The van der Waals surface area contributed by atoms with E-state index >= 15 is 0 Å². The molecular formula is C21H18ClN3OS. The molecule has 2 heterocycles. The summed E-state index contributed by atoms with van der Waals surface area (Å²) in [5.74, 6) is -0.0673. The average molecular weight is 396 g/mol. The minimum atomic E-state index is -0.439. The summed E-state index contributed by atoms with van der Waals surface area (Å²) in [6, 6.07) is 19.1. The van der Waals surface area contributed by atoms with E-state index in [1.54, 1.807) is 16.0 Å². The highest BCUT2D eigenvalue weighted by Gasteiger charge is 2.21. The van der Waals surface area contributed by atoms with Gasteiger partial charge in [0, 0.05) is 20.8 Å². The van der Waals surface area contributed by atoms with Crippen LogP contribution in [-0.4, -0.2) is 15.7 Å². The summed E-state index contributed by atoms with van der Waals surface area (Å²) in [6.07, 6.45) is 0. The van der Waals surface area contributed by atoms with E-state index in [9.17, 15) is 4.79 Å². The number of aromatic nitrogens is 2.